The number of hydrogen-bond donors (Lipinski definition) is 0. The van der Waals surface area contributed by atoms with Gasteiger partial charge in [0.15, 0.2) is 0 Å². The summed E-state index contributed by atoms with van der Waals surface area (Å²) in [5.74, 6) is 0. The van der Waals surface area contributed by atoms with Gasteiger partial charge >= 0.3 is 51.4 Å². The summed E-state index contributed by atoms with van der Waals surface area (Å²) in [6, 6.07) is 0. The van der Waals surface area contributed by atoms with Crippen LogP contribution in [-0.4, -0.2) is 57.7 Å². The summed E-state index contributed by atoms with van der Waals surface area (Å²) in [7, 11) is 0. The second kappa shape index (κ2) is 22.3. The van der Waals surface area contributed by atoms with E-state index < -0.39 is 0 Å². The van der Waals surface area contributed by atoms with Gasteiger partial charge in [-0.25, -0.2) is 0 Å². The molecule has 0 rings (SSSR count). The molecule has 114 valence electrons. The number of rotatable bonds is 15. The van der Waals surface area contributed by atoms with Crippen molar-refractivity contribution in [2.45, 2.75) is 96.8 Å². The maximum absolute atomic E-state index is 10.1. The van der Waals surface area contributed by atoms with Gasteiger partial charge in [-0.05, 0) is 32.1 Å². The molecule has 0 unspecified atom stereocenters. The first-order valence-electron chi connectivity index (χ1n) is 8.50. The summed E-state index contributed by atoms with van der Waals surface area (Å²) in [5, 5.41) is 0. The van der Waals surface area contributed by atoms with Gasteiger partial charge in [0.05, 0.1) is 0 Å². The minimum atomic E-state index is 0. The fourth-order valence-corrected chi connectivity index (χ4v) is 2.30. The van der Waals surface area contributed by atoms with Crippen LogP contribution in [0.1, 0.15) is 96.8 Å². The van der Waals surface area contributed by atoms with Crippen molar-refractivity contribution in [3.05, 3.63) is 12.2 Å². The Hall–Kier alpha value is 1.05. The minimum absolute atomic E-state index is 0. The molecular formula is C18H35KO. The molecule has 0 saturated carbocycles. The number of unbranched alkanes of at least 4 members (excludes halogenated alkanes) is 12. The second-order valence-electron chi connectivity index (χ2n) is 5.54. The Morgan fingerprint density at radius 3 is 1.45 bits per heavy atom. The normalized spacial score (nSPS) is 10.7. The van der Waals surface area contributed by atoms with E-state index in [1.807, 2.05) is 0 Å². The molecule has 0 atom stereocenters. The third-order valence-corrected chi connectivity index (χ3v) is 3.58. The van der Waals surface area contributed by atoms with Crippen molar-refractivity contribution in [1.29, 1.82) is 0 Å². The average Bonchev–Trinajstić information content (AvgIpc) is 2.43. The quantitative estimate of drug-likeness (QED) is 0.167. The van der Waals surface area contributed by atoms with Crippen LogP contribution in [0.4, 0.5) is 0 Å². The van der Waals surface area contributed by atoms with E-state index in [0.717, 1.165) is 19.1 Å². The van der Waals surface area contributed by atoms with Gasteiger partial charge in [0.25, 0.3) is 0 Å². The molecule has 20 heavy (non-hydrogen) atoms. The van der Waals surface area contributed by atoms with Crippen LogP contribution in [0.2, 0.25) is 0 Å². The summed E-state index contributed by atoms with van der Waals surface area (Å²) in [5.41, 5.74) is 0. The molecular weight excluding hydrogens is 271 g/mol. The Morgan fingerprint density at radius 2 is 1.00 bits per heavy atom. The van der Waals surface area contributed by atoms with Gasteiger partial charge in [0, 0.05) is 6.42 Å². The summed E-state index contributed by atoms with van der Waals surface area (Å²) in [4.78, 5) is 10.1. The monoisotopic (exact) mass is 306 g/mol. The van der Waals surface area contributed by atoms with Crippen molar-refractivity contribution in [2.75, 3.05) is 0 Å². The van der Waals surface area contributed by atoms with Crippen molar-refractivity contribution < 1.29 is 4.79 Å². The number of allylic oxidation sites excluding steroid dienone is 2. The Kier molecular flexibility index (Phi) is 26.0. The molecule has 0 aromatic rings. The van der Waals surface area contributed by atoms with Crippen LogP contribution in [0.3, 0.4) is 0 Å². The van der Waals surface area contributed by atoms with E-state index in [-0.39, 0.29) is 51.4 Å². The molecule has 0 aromatic heterocycles. The molecule has 1 nitrogen and oxygen atoms in total. The molecule has 0 N–H and O–H groups in total. The molecule has 0 aliphatic heterocycles. The molecule has 0 aliphatic carbocycles. The van der Waals surface area contributed by atoms with Crippen molar-refractivity contribution in [3.63, 3.8) is 0 Å². The summed E-state index contributed by atoms with van der Waals surface area (Å²) in [6.45, 7) is 2.27. The van der Waals surface area contributed by atoms with Gasteiger partial charge in [-0.3, -0.25) is 0 Å². The zero-order valence-corrected chi connectivity index (χ0v) is 13.0. The fraction of sp³-hybridized carbons (Fsp3) is 0.833. The van der Waals surface area contributed by atoms with Gasteiger partial charge in [-0.2, -0.15) is 0 Å². The Bertz CT molecular complexity index is 202. The second-order valence-corrected chi connectivity index (χ2v) is 5.54. The molecule has 0 bridgehead atoms. The SMILES string of the molecule is CCCCCCCC/C=C\CCCCCCCC=O.[KH]. The number of carbonyl (C=O) groups excluding carboxylic acids is 1. The fourth-order valence-electron chi connectivity index (χ4n) is 2.30. The zero-order chi connectivity index (χ0) is 14.0. The Morgan fingerprint density at radius 1 is 0.600 bits per heavy atom. The van der Waals surface area contributed by atoms with E-state index in [9.17, 15) is 4.79 Å². The van der Waals surface area contributed by atoms with Crippen molar-refractivity contribution in [3.8, 4) is 0 Å². The van der Waals surface area contributed by atoms with Gasteiger partial charge < -0.3 is 4.79 Å². The molecule has 0 heterocycles. The van der Waals surface area contributed by atoms with E-state index in [1.54, 1.807) is 0 Å². The first-order valence-corrected chi connectivity index (χ1v) is 8.50. The van der Waals surface area contributed by atoms with Crippen LogP contribution >= 0.6 is 0 Å². The van der Waals surface area contributed by atoms with Crippen LogP contribution in [-0.2, 0) is 4.79 Å². The zero-order valence-electron chi connectivity index (χ0n) is 13.0. The van der Waals surface area contributed by atoms with Gasteiger partial charge in [0.2, 0.25) is 0 Å². The third kappa shape index (κ3) is 21.3. The van der Waals surface area contributed by atoms with Crippen molar-refractivity contribution in [2.24, 2.45) is 0 Å². The number of hydrogen-bond acceptors (Lipinski definition) is 1. The van der Waals surface area contributed by atoms with Crippen LogP contribution in [0.25, 0.3) is 0 Å². The standard InChI is InChI=1S/C18H34O.K.H/c1-2-3-4-5-6-7-8-9-10-11-12-13-14-15-16-17-18-19;;/h9-10,18H,2-8,11-17H2,1H3;;/b10-9-;;. The van der Waals surface area contributed by atoms with Gasteiger partial charge in [0.1, 0.15) is 6.29 Å². The molecule has 0 spiro atoms. The molecule has 0 saturated heterocycles. The first-order chi connectivity index (χ1) is 9.41. The van der Waals surface area contributed by atoms with E-state index in [4.69, 9.17) is 0 Å². The van der Waals surface area contributed by atoms with E-state index in [2.05, 4.69) is 19.1 Å². The van der Waals surface area contributed by atoms with Crippen LogP contribution in [0.5, 0.6) is 0 Å². The van der Waals surface area contributed by atoms with Crippen molar-refractivity contribution >= 4 is 57.7 Å². The van der Waals surface area contributed by atoms with Crippen molar-refractivity contribution in [1.82, 2.24) is 0 Å². The number of aldehydes is 1. The predicted octanol–water partition coefficient (Wildman–Crippen LogP) is 5.57. The molecule has 0 fully saturated rings. The van der Waals surface area contributed by atoms with E-state index >= 15 is 0 Å². The molecule has 0 amide bonds. The topological polar surface area (TPSA) is 17.1 Å². The third-order valence-electron chi connectivity index (χ3n) is 3.58. The Labute approximate surface area is 169 Å². The summed E-state index contributed by atoms with van der Waals surface area (Å²) >= 11 is 0. The van der Waals surface area contributed by atoms with Crippen LogP contribution in [0, 0.1) is 0 Å². The van der Waals surface area contributed by atoms with Gasteiger partial charge in [-0.1, -0.05) is 70.4 Å². The van der Waals surface area contributed by atoms with E-state index in [0.29, 0.717) is 0 Å². The molecule has 0 radical (unpaired) electrons. The molecule has 0 aliphatic rings. The van der Waals surface area contributed by atoms with E-state index in [1.165, 1.54) is 77.0 Å². The first kappa shape index (κ1) is 23.3. The average molecular weight is 307 g/mol. The van der Waals surface area contributed by atoms with Crippen LogP contribution < -0.4 is 0 Å². The predicted molar refractivity (Wildman–Crippen MR) is 92.7 cm³/mol. The summed E-state index contributed by atoms with van der Waals surface area (Å²) < 4.78 is 0. The summed E-state index contributed by atoms with van der Waals surface area (Å²) in [6.07, 6.45) is 23.6. The van der Waals surface area contributed by atoms with Crippen LogP contribution in [0.15, 0.2) is 12.2 Å². The molecule has 2 heteroatoms. The molecule has 0 aromatic carbocycles. The Balaban J connectivity index is 0. The van der Waals surface area contributed by atoms with Gasteiger partial charge in [-0.15, -0.1) is 0 Å². The number of carbonyl (C=O) groups is 1. The maximum atomic E-state index is 10.1.